The lowest BCUT2D eigenvalue weighted by atomic mass is 10.1. The van der Waals surface area contributed by atoms with Crippen LogP contribution in [-0.4, -0.2) is 20.7 Å². The Hall–Kier alpha value is -3.73. The highest BCUT2D eigenvalue weighted by molar-refractivity contribution is 5.92. The molecule has 0 radical (unpaired) electrons. The topological polar surface area (TPSA) is 59.8 Å². The lowest BCUT2D eigenvalue weighted by Crippen LogP contribution is -2.17. The summed E-state index contributed by atoms with van der Waals surface area (Å²) in [5.74, 6) is 0.539. The van der Waals surface area contributed by atoms with Gasteiger partial charge in [0.05, 0.1) is 17.8 Å². The number of carbonyl (C=O) groups excluding carboxylic acids is 1. The zero-order chi connectivity index (χ0) is 18.5. The second kappa shape index (κ2) is 7.66. The van der Waals surface area contributed by atoms with Gasteiger partial charge in [0.15, 0.2) is 0 Å². The van der Waals surface area contributed by atoms with E-state index in [4.69, 9.17) is 0 Å². The first kappa shape index (κ1) is 16.7. The van der Waals surface area contributed by atoms with Crippen LogP contribution >= 0.6 is 0 Å². The van der Waals surface area contributed by atoms with Gasteiger partial charge in [0.2, 0.25) is 5.91 Å². The summed E-state index contributed by atoms with van der Waals surface area (Å²) in [4.78, 5) is 16.7. The van der Waals surface area contributed by atoms with Gasteiger partial charge >= 0.3 is 0 Å². The van der Waals surface area contributed by atoms with Gasteiger partial charge in [0, 0.05) is 24.0 Å². The van der Waals surface area contributed by atoms with Crippen molar-refractivity contribution < 1.29 is 4.79 Å². The Kier molecular flexibility index (Phi) is 4.74. The fourth-order valence-corrected chi connectivity index (χ4v) is 2.86. The molecule has 0 saturated heterocycles. The number of carbonyl (C=O) groups is 1. The van der Waals surface area contributed by atoms with E-state index in [1.807, 2.05) is 78.9 Å². The molecular formula is C22H18N4O. The monoisotopic (exact) mass is 354 g/mol. The van der Waals surface area contributed by atoms with E-state index in [9.17, 15) is 4.79 Å². The molecule has 0 bridgehead atoms. The van der Waals surface area contributed by atoms with Crippen LogP contribution in [0.1, 0.15) is 5.56 Å². The van der Waals surface area contributed by atoms with Crippen molar-refractivity contribution in [1.82, 2.24) is 14.8 Å². The Labute approximate surface area is 157 Å². The van der Waals surface area contributed by atoms with E-state index in [2.05, 4.69) is 15.4 Å². The maximum Gasteiger partial charge on any atom is 0.229 e. The molecule has 132 valence electrons. The fourth-order valence-electron chi connectivity index (χ4n) is 2.86. The molecule has 0 fully saturated rings. The second-order valence-electron chi connectivity index (χ2n) is 6.11. The van der Waals surface area contributed by atoms with Gasteiger partial charge in [-0.1, -0.05) is 48.5 Å². The smallest absolute Gasteiger partial charge is 0.229 e. The highest BCUT2D eigenvalue weighted by atomic mass is 16.1. The molecule has 0 saturated carbocycles. The average Bonchev–Trinajstić information content (AvgIpc) is 3.14. The number of para-hydroxylation sites is 1. The number of pyridine rings is 1. The molecule has 0 aliphatic heterocycles. The standard InChI is InChI=1S/C22H18N4O/c27-22(14-17-8-3-1-4-9-17)24-21-15-20(18-10-7-13-23-16-18)25-26(21)19-11-5-2-6-12-19/h1-13,15-16H,14H2,(H,24,27). The van der Waals surface area contributed by atoms with Crippen molar-refractivity contribution >= 4 is 11.7 Å². The lowest BCUT2D eigenvalue weighted by Gasteiger charge is -2.09. The molecule has 2 heterocycles. The summed E-state index contributed by atoms with van der Waals surface area (Å²) in [6, 6.07) is 25.1. The molecule has 0 aliphatic carbocycles. The van der Waals surface area contributed by atoms with Crippen LogP contribution in [0.15, 0.2) is 91.3 Å². The summed E-state index contributed by atoms with van der Waals surface area (Å²) in [5.41, 5.74) is 3.49. The number of amides is 1. The van der Waals surface area contributed by atoms with Crippen LogP contribution in [0.5, 0.6) is 0 Å². The minimum absolute atomic E-state index is 0.0870. The molecule has 0 atom stereocenters. The van der Waals surface area contributed by atoms with Gasteiger partial charge in [-0.2, -0.15) is 5.10 Å². The molecule has 5 heteroatoms. The van der Waals surface area contributed by atoms with Crippen LogP contribution in [0.25, 0.3) is 16.9 Å². The van der Waals surface area contributed by atoms with Gasteiger partial charge < -0.3 is 5.32 Å². The minimum Gasteiger partial charge on any atom is -0.310 e. The van der Waals surface area contributed by atoms with Crippen LogP contribution in [0.3, 0.4) is 0 Å². The van der Waals surface area contributed by atoms with Crippen molar-refractivity contribution in [3.8, 4) is 16.9 Å². The Morgan fingerprint density at radius 2 is 1.67 bits per heavy atom. The molecule has 27 heavy (non-hydrogen) atoms. The van der Waals surface area contributed by atoms with Gasteiger partial charge in [-0.15, -0.1) is 0 Å². The van der Waals surface area contributed by atoms with Gasteiger partial charge in [0.1, 0.15) is 5.82 Å². The number of benzene rings is 2. The second-order valence-corrected chi connectivity index (χ2v) is 6.11. The summed E-state index contributed by atoms with van der Waals surface area (Å²) in [6.45, 7) is 0. The van der Waals surface area contributed by atoms with Gasteiger partial charge in [0.25, 0.3) is 0 Å². The van der Waals surface area contributed by atoms with E-state index in [0.717, 1.165) is 22.5 Å². The predicted octanol–water partition coefficient (Wildman–Crippen LogP) is 4.12. The van der Waals surface area contributed by atoms with E-state index in [0.29, 0.717) is 12.2 Å². The number of nitrogens with one attached hydrogen (secondary N) is 1. The number of rotatable bonds is 5. The summed E-state index contributed by atoms with van der Waals surface area (Å²) < 4.78 is 1.74. The highest BCUT2D eigenvalue weighted by Crippen LogP contribution is 2.24. The number of hydrogen-bond acceptors (Lipinski definition) is 3. The van der Waals surface area contributed by atoms with Crippen molar-refractivity contribution in [3.05, 3.63) is 96.8 Å². The maximum atomic E-state index is 12.5. The number of hydrogen-bond donors (Lipinski definition) is 1. The third-order valence-corrected chi connectivity index (χ3v) is 4.14. The fraction of sp³-hybridized carbons (Fsp3) is 0.0455. The Morgan fingerprint density at radius 1 is 0.926 bits per heavy atom. The molecular weight excluding hydrogens is 336 g/mol. The zero-order valence-electron chi connectivity index (χ0n) is 14.6. The lowest BCUT2D eigenvalue weighted by molar-refractivity contribution is -0.115. The van der Waals surface area contributed by atoms with Gasteiger partial charge in [-0.25, -0.2) is 4.68 Å². The summed E-state index contributed by atoms with van der Waals surface area (Å²) in [5, 5.41) is 7.66. The van der Waals surface area contributed by atoms with E-state index >= 15 is 0 Å². The van der Waals surface area contributed by atoms with Crippen LogP contribution in [0.4, 0.5) is 5.82 Å². The largest absolute Gasteiger partial charge is 0.310 e. The maximum absolute atomic E-state index is 12.5. The molecule has 2 aromatic heterocycles. The van der Waals surface area contributed by atoms with Crippen molar-refractivity contribution in [2.75, 3.05) is 5.32 Å². The molecule has 5 nitrogen and oxygen atoms in total. The molecule has 1 N–H and O–H groups in total. The van der Waals surface area contributed by atoms with Crippen LogP contribution in [-0.2, 0) is 11.2 Å². The van der Waals surface area contributed by atoms with E-state index < -0.39 is 0 Å². The predicted molar refractivity (Wildman–Crippen MR) is 106 cm³/mol. The Bertz CT molecular complexity index is 1030. The molecule has 4 aromatic rings. The van der Waals surface area contributed by atoms with Crippen LogP contribution in [0, 0.1) is 0 Å². The molecule has 2 aromatic carbocycles. The Morgan fingerprint density at radius 3 is 2.37 bits per heavy atom. The first-order valence-corrected chi connectivity index (χ1v) is 8.69. The van der Waals surface area contributed by atoms with E-state index in [1.54, 1.807) is 17.1 Å². The first-order valence-electron chi connectivity index (χ1n) is 8.69. The third kappa shape index (κ3) is 3.93. The first-order chi connectivity index (χ1) is 13.3. The molecule has 1 amide bonds. The highest BCUT2D eigenvalue weighted by Gasteiger charge is 2.14. The van der Waals surface area contributed by atoms with Crippen molar-refractivity contribution in [3.63, 3.8) is 0 Å². The normalized spacial score (nSPS) is 10.5. The minimum atomic E-state index is -0.0870. The molecule has 4 rings (SSSR count). The van der Waals surface area contributed by atoms with Crippen molar-refractivity contribution in [2.24, 2.45) is 0 Å². The number of aromatic nitrogens is 3. The SMILES string of the molecule is O=C(Cc1ccccc1)Nc1cc(-c2cccnc2)nn1-c1ccccc1. The van der Waals surface area contributed by atoms with Crippen LogP contribution < -0.4 is 5.32 Å². The zero-order valence-corrected chi connectivity index (χ0v) is 14.6. The molecule has 0 unspecified atom stereocenters. The third-order valence-electron chi connectivity index (χ3n) is 4.14. The Balaban J connectivity index is 1.66. The molecule has 0 spiro atoms. The summed E-state index contributed by atoms with van der Waals surface area (Å²) >= 11 is 0. The quantitative estimate of drug-likeness (QED) is 0.587. The number of nitrogens with zero attached hydrogens (tertiary/aromatic N) is 3. The van der Waals surface area contributed by atoms with E-state index in [1.165, 1.54) is 0 Å². The molecule has 0 aliphatic rings. The van der Waals surface area contributed by atoms with E-state index in [-0.39, 0.29) is 5.91 Å². The summed E-state index contributed by atoms with van der Waals surface area (Å²) in [7, 11) is 0. The number of anilines is 1. The van der Waals surface area contributed by atoms with Crippen molar-refractivity contribution in [2.45, 2.75) is 6.42 Å². The summed E-state index contributed by atoms with van der Waals surface area (Å²) in [6.07, 6.45) is 3.79. The van der Waals surface area contributed by atoms with Gasteiger partial charge in [-0.05, 0) is 29.8 Å². The average molecular weight is 354 g/mol. The van der Waals surface area contributed by atoms with Gasteiger partial charge in [-0.3, -0.25) is 9.78 Å². The van der Waals surface area contributed by atoms with Crippen molar-refractivity contribution in [1.29, 1.82) is 0 Å². The van der Waals surface area contributed by atoms with Crippen LogP contribution in [0.2, 0.25) is 0 Å².